The highest BCUT2D eigenvalue weighted by Crippen LogP contribution is 2.32. The van der Waals surface area contributed by atoms with E-state index < -0.39 is 49.8 Å². The molecule has 14 heteroatoms. The molecule has 0 aromatic carbocycles. The lowest BCUT2D eigenvalue weighted by Gasteiger charge is -2.17. The summed E-state index contributed by atoms with van der Waals surface area (Å²) in [5.41, 5.74) is 0.848. The molecule has 1 amide bonds. The minimum atomic E-state index is -1.36. The summed E-state index contributed by atoms with van der Waals surface area (Å²) < 4.78 is 17.4. The molecule has 31 heavy (non-hydrogen) atoms. The Labute approximate surface area is 175 Å². The number of nitrogens with one attached hydrogen (secondary N) is 2. The monoisotopic (exact) mass is 438 g/mol. The van der Waals surface area contributed by atoms with Gasteiger partial charge in [-0.1, -0.05) is 0 Å². The van der Waals surface area contributed by atoms with E-state index in [2.05, 4.69) is 20.3 Å². The van der Waals surface area contributed by atoms with Crippen LogP contribution >= 0.6 is 0 Å². The molecule has 2 aromatic rings. The number of aliphatic hydroxyl groups excluding tert-OH is 2. The third-order valence-corrected chi connectivity index (χ3v) is 5.00. The van der Waals surface area contributed by atoms with Crippen LogP contribution < -0.4 is 10.6 Å². The molecule has 0 bridgehead atoms. The van der Waals surface area contributed by atoms with Gasteiger partial charge in [-0.25, -0.2) is 19.7 Å². The fourth-order valence-electron chi connectivity index (χ4n) is 3.44. The van der Waals surface area contributed by atoms with Crippen LogP contribution in [0.2, 0.25) is 0 Å². The highest BCUT2D eigenvalue weighted by atomic mass is 16.6. The molecule has 0 unspecified atom stereocenters. The van der Waals surface area contributed by atoms with Gasteiger partial charge in [0.2, 0.25) is 0 Å². The Morgan fingerprint density at radius 3 is 2.84 bits per heavy atom. The number of nitrogens with zero attached hydrogens (tertiary/aromatic N) is 4. The molecule has 2 aromatic heterocycles. The minimum absolute atomic E-state index is 0.104. The lowest BCUT2D eigenvalue weighted by atomic mass is 10.1. The highest BCUT2D eigenvalue weighted by molar-refractivity contribution is 5.82. The van der Waals surface area contributed by atoms with E-state index in [0.717, 1.165) is 6.42 Å². The number of hydrogen-bond donors (Lipinski definition) is 5. The molecule has 0 aliphatic carbocycles. The van der Waals surface area contributed by atoms with Crippen molar-refractivity contribution in [2.75, 3.05) is 31.7 Å². The lowest BCUT2D eigenvalue weighted by molar-refractivity contribution is -0.135. The molecular weight excluding hydrogens is 416 g/mol. The molecule has 14 nitrogen and oxygen atoms in total. The van der Waals surface area contributed by atoms with Crippen LogP contribution in [0.4, 0.5) is 10.6 Å². The number of carbonyl (C=O) groups excluding carboxylic acids is 1. The van der Waals surface area contributed by atoms with E-state index in [1.807, 2.05) is 5.32 Å². The molecule has 5 atom stereocenters. The van der Waals surface area contributed by atoms with Crippen LogP contribution in [-0.2, 0) is 19.0 Å². The molecule has 2 fully saturated rings. The zero-order chi connectivity index (χ0) is 22.0. The summed E-state index contributed by atoms with van der Waals surface area (Å²) in [7, 11) is 0. The number of carboxylic acid groups (broad SMARTS) is 1. The predicted molar refractivity (Wildman–Crippen MR) is 101 cm³/mol. The summed E-state index contributed by atoms with van der Waals surface area (Å²) in [5, 5.41) is 34.6. The number of carbonyl (C=O) groups is 2. The van der Waals surface area contributed by atoms with Crippen molar-refractivity contribution in [1.29, 1.82) is 0 Å². The van der Waals surface area contributed by atoms with Crippen molar-refractivity contribution in [1.82, 2.24) is 24.8 Å². The Bertz CT molecular complexity index is 948. The van der Waals surface area contributed by atoms with E-state index in [4.69, 9.17) is 19.3 Å². The van der Waals surface area contributed by atoms with Gasteiger partial charge in [-0.05, 0) is 6.42 Å². The van der Waals surface area contributed by atoms with Gasteiger partial charge in [0, 0.05) is 6.61 Å². The van der Waals surface area contributed by atoms with E-state index in [0.29, 0.717) is 30.2 Å². The molecule has 0 spiro atoms. The van der Waals surface area contributed by atoms with Crippen molar-refractivity contribution in [2.24, 2.45) is 0 Å². The first-order valence-electron chi connectivity index (χ1n) is 9.60. The fourth-order valence-corrected chi connectivity index (χ4v) is 3.44. The van der Waals surface area contributed by atoms with E-state index in [1.54, 1.807) is 0 Å². The molecule has 2 aliphatic rings. The fraction of sp³-hybridized carbons (Fsp3) is 0.588. The summed E-state index contributed by atoms with van der Waals surface area (Å²) >= 11 is 0. The molecule has 4 rings (SSSR count). The molecular formula is C17H22N6O8. The lowest BCUT2D eigenvalue weighted by Crippen LogP contribution is -2.37. The maximum atomic E-state index is 11.5. The third kappa shape index (κ3) is 4.51. The van der Waals surface area contributed by atoms with E-state index >= 15 is 0 Å². The number of alkyl carbamates (subject to hydrolysis) is 1. The summed E-state index contributed by atoms with van der Waals surface area (Å²) in [6.45, 7) is 0.223. The SMILES string of the molecule is O=C(O)CNC(=O)OC[C@H]1O[C@@H](n2cnc3c(N[C@@H]4CCOC4)ncnc32)[C@H](O)[C@H]1O. The zero-order valence-electron chi connectivity index (χ0n) is 16.2. The summed E-state index contributed by atoms with van der Waals surface area (Å²) in [6.07, 6.45) is -2.15. The van der Waals surface area contributed by atoms with Gasteiger partial charge in [0.15, 0.2) is 23.2 Å². The van der Waals surface area contributed by atoms with Crippen LogP contribution in [0.1, 0.15) is 12.6 Å². The Kier molecular flexibility index (Phi) is 6.13. The van der Waals surface area contributed by atoms with E-state index in [1.165, 1.54) is 17.2 Å². The predicted octanol–water partition coefficient (Wildman–Crippen LogP) is -1.54. The minimum Gasteiger partial charge on any atom is -0.480 e. The molecule has 0 radical (unpaired) electrons. The number of amides is 1. The maximum Gasteiger partial charge on any atom is 0.407 e. The maximum absolute atomic E-state index is 11.5. The van der Waals surface area contributed by atoms with Crippen molar-refractivity contribution in [3.8, 4) is 0 Å². The number of anilines is 1. The second kappa shape index (κ2) is 8.97. The molecule has 5 N–H and O–H groups in total. The van der Waals surface area contributed by atoms with Crippen molar-refractivity contribution in [3.63, 3.8) is 0 Å². The number of rotatable bonds is 7. The Morgan fingerprint density at radius 1 is 1.26 bits per heavy atom. The normalized spacial score (nSPS) is 28.0. The number of hydrogen-bond acceptors (Lipinski definition) is 11. The molecule has 4 heterocycles. The van der Waals surface area contributed by atoms with Gasteiger partial charge < -0.3 is 40.2 Å². The smallest absolute Gasteiger partial charge is 0.407 e. The van der Waals surface area contributed by atoms with Gasteiger partial charge in [0.25, 0.3) is 0 Å². The van der Waals surface area contributed by atoms with E-state index in [-0.39, 0.29) is 6.04 Å². The number of carboxylic acids is 1. The third-order valence-electron chi connectivity index (χ3n) is 5.00. The van der Waals surface area contributed by atoms with Crippen molar-refractivity contribution >= 4 is 29.0 Å². The summed E-state index contributed by atoms with van der Waals surface area (Å²) in [5.74, 6) is -0.713. The van der Waals surface area contributed by atoms with Gasteiger partial charge in [0.1, 0.15) is 37.8 Å². The number of imidazole rings is 1. The first-order valence-corrected chi connectivity index (χ1v) is 9.60. The average Bonchev–Trinajstić information content (AvgIpc) is 3.47. The molecule has 168 valence electrons. The van der Waals surface area contributed by atoms with Crippen LogP contribution in [0.15, 0.2) is 12.7 Å². The second-order valence-corrected chi connectivity index (χ2v) is 7.14. The van der Waals surface area contributed by atoms with Gasteiger partial charge in [-0.15, -0.1) is 0 Å². The molecule has 2 aliphatic heterocycles. The topological polar surface area (TPSA) is 190 Å². The van der Waals surface area contributed by atoms with Crippen LogP contribution in [0, 0.1) is 0 Å². The second-order valence-electron chi connectivity index (χ2n) is 7.14. The quantitative estimate of drug-likeness (QED) is 0.335. The summed E-state index contributed by atoms with van der Waals surface area (Å²) in [4.78, 5) is 34.7. The largest absolute Gasteiger partial charge is 0.480 e. The first-order chi connectivity index (χ1) is 14.9. The number of ether oxygens (including phenoxy) is 3. The van der Waals surface area contributed by atoms with Gasteiger partial charge in [0.05, 0.1) is 19.0 Å². The van der Waals surface area contributed by atoms with Crippen LogP contribution in [-0.4, -0.2) is 97.6 Å². The van der Waals surface area contributed by atoms with Gasteiger partial charge in [-0.2, -0.15) is 0 Å². The van der Waals surface area contributed by atoms with Crippen LogP contribution in [0.5, 0.6) is 0 Å². The highest BCUT2D eigenvalue weighted by Gasteiger charge is 2.45. The first kappa shape index (κ1) is 21.2. The number of aliphatic hydroxyl groups is 2. The number of aromatic nitrogens is 4. The van der Waals surface area contributed by atoms with Crippen molar-refractivity contribution < 1.29 is 39.1 Å². The van der Waals surface area contributed by atoms with E-state index in [9.17, 15) is 19.8 Å². The number of aliphatic carboxylic acids is 1. The van der Waals surface area contributed by atoms with Crippen molar-refractivity contribution in [3.05, 3.63) is 12.7 Å². The van der Waals surface area contributed by atoms with Crippen molar-refractivity contribution in [2.45, 2.75) is 37.0 Å². The standard InChI is InChI=1S/C17H22N6O8/c24-10(25)3-18-17(28)30-5-9-12(26)13(27)16(31-9)23-7-21-11-14(19-6-20-15(11)23)22-8-1-2-29-4-8/h6-9,12-13,16,26-27H,1-5H2,(H,18,28)(H,24,25)(H,19,20,22)/t8-,9-,12+,13-,16-/m1/s1. The number of fused-ring (bicyclic) bond motifs is 1. The summed E-state index contributed by atoms with van der Waals surface area (Å²) in [6, 6.07) is 0.104. The Hall–Kier alpha value is -3.07. The molecule has 0 saturated carbocycles. The van der Waals surface area contributed by atoms with Crippen LogP contribution in [0.3, 0.4) is 0 Å². The Morgan fingerprint density at radius 2 is 2.10 bits per heavy atom. The zero-order valence-corrected chi connectivity index (χ0v) is 16.2. The Balaban J connectivity index is 1.45. The van der Waals surface area contributed by atoms with Gasteiger partial charge in [-0.3, -0.25) is 9.36 Å². The van der Waals surface area contributed by atoms with Crippen LogP contribution in [0.25, 0.3) is 11.2 Å². The molecule has 2 saturated heterocycles. The van der Waals surface area contributed by atoms with Gasteiger partial charge >= 0.3 is 12.1 Å². The average molecular weight is 438 g/mol.